The zero-order valence-electron chi connectivity index (χ0n) is 9.68. The van der Waals surface area contributed by atoms with Crippen LogP contribution in [0, 0.1) is 34.0 Å². The summed E-state index contributed by atoms with van der Waals surface area (Å²) in [5.74, 6) is 0. The maximum atomic E-state index is 9.14. The number of hydrogen-bond acceptors (Lipinski definition) is 3. The van der Waals surface area contributed by atoms with Crippen LogP contribution < -0.4 is 0 Å². The van der Waals surface area contributed by atoms with Crippen LogP contribution in [0.5, 0.6) is 0 Å². The lowest BCUT2D eigenvalue weighted by molar-refractivity contribution is 1.43. The third kappa shape index (κ3) is 2.26. The molecule has 0 aliphatic rings. The van der Waals surface area contributed by atoms with E-state index in [1.54, 1.807) is 30.3 Å². The highest BCUT2D eigenvalue weighted by Gasteiger charge is 2.13. The molecule has 2 rings (SSSR count). The van der Waals surface area contributed by atoms with Gasteiger partial charge in [0.05, 0.1) is 34.9 Å². The van der Waals surface area contributed by atoms with E-state index in [2.05, 4.69) is 0 Å². The summed E-state index contributed by atoms with van der Waals surface area (Å²) in [7, 11) is 0. The summed E-state index contributed by atoms with van der Waals surface area (Å²) in [4.78, 5) is 0. The Morgan fingerprint density at radius 2 is 1.47 bits per heavy atom. The van der Waals surface area contributed by atoms with Gasteiger partial charge in [-0.05, 0) is 24.3 Å². The van der Waals surface area contributed by atoms with E-state index in [9.17, 15) is 0 Å². The lowest BCUT2D eigenvalue weighted by Gasteiger charge is -2.08. The average molecular weight is 264 g/mol. The fraction of sp³-hybridized carbons (Fsp3) is 0. The van der Waals surface area contributed by atoms with Crippen LogP contribution in [0.4, 0.5) is 0 Å². The van der Waals surface area contributed by atoms with E-state index < -0.39 is 0 Å². The van der Waals surface area contributed by atoms with E-state index in [1.165, 1.54) is 6.07 Å². The van der Waals surface area contributed by atoms with Gasteiger partial charge in [0.2, 0.25) is 0 Å². The fourth-order valence-corrected chi connectivity index (χ4v) is 2.09. The Hall–Kier alpha value is -2.80. The number of hydrogen-bond donors (Lipinski definition) is 0. The number of halogens is 1. The molecule has 0 fully saturated rings. The molecule has 0 aliphatic heterocycles. The van der Waals surface area contributed by atoms with Crippen LogP contribution in [0.25, 0.3) is 11.1 Å². The molecule has 2 aromatic rings. The Balaban J connectivity index is 2.77. The first kappa shape index (κ1) is 12.7. The van der Waals surface area contributed by atoms with Gasteiger partial charge in [-0.2, -0.15) is 15.8 Å². The molecule has 0 aliphatic carbocycles. The molecule has 0 bridgehead atoms. The monoisotopic (exact) mass is 263 g/mol. The van der Waals surface area contributed by atoms with Gasteiger partial charge in [-0.15, -0.1) is 0 Å². The molecule has 88 valence electrons. The summed E-state index contributed by atoms with van der Waals surface area (Å²) in [5, 5.41) is 27.4. The van der Waals surface area contributed by atoms with Crippen molar-refractivity contribution in [3.05, 3.63) is 58.1 Å². The van der Waals surface area contributed by atoms with E-state index in [0.29, 0.717) is 32.8 Å². The summed E-state index contributed by atoms with van der Waals surface area (Å²) < 4.78 is 0. The SMILES string of the molecule is N#Cc1ccc(-c2c(C#N)cccc2C#N)c(Cl)c1. The second kappa shape index (κ2) is 5.23. The van der Waals surface area contributed by atoms with Crippen molar-refractivity contribution >= 4 is 11.6 Å². The number of nitrogens with zero attached hydrogens (tertiary/aromatic N) is 3. The molecule has 0 spiro atoms. The van der Waals surface area contributed by atoms with Gasteiger partial charge in [0.15, 0.2) is 0 Å². The Bertz CT molecular complexity index is 741. The highest BCUT2D eigenvalue weighted by atomic mass is 35.5. The molecule has 0 saturated carbocycles. The summed E-state index contributed by atoms with van der Waals surface area (Å²) in [6, 6.07) is 15.8. The van der Waals surface area contributed by atoms with Crippen LogP contribution in [0.3, 0.4) is 0 Å². The van der Waals surface area contributed by atoms with Crippen molar-refractivity contribution in [3.63, 3.8) is 0 Å². The van der Waals surface area contributed by atoms with Gasteiger partial charge in [0, 0.05) is 16.1 Å². The second-order valence-electron chi connectivity index (χ2n) is 3.76. The van der Waals surface area contributed by atoms with Crippen molar-refractivity contribution in [3.8, 4) is 29.3 Å². The molecule has 0 heterocycles. The van der Waals surface area contributed by atoms with Gasteiger partial charge in [0.1, 0.15) is 0 Å². The molecular formula is C15H6ClN3. The molecule has 19 heavy (non-hydrogen) atoms. The first-order valence-corrected chi connectivity index (χ1v) is 5.72. The van der Waals surface area contributed by atoms with Gasteiger partial charge in [-0.3, -0.25) is 0 Å². The Kier molecular flexibility index (Phi) is 3.48. The molecule has 4 heteroatoms. The summed E-state index contributed by atoms with van der Waals surface area (Å²) in [6.45, 7) is 0. The van der Waals surface area contributed by atoms with Crippen molar-refractivity contribution in [2.75, 3.05) is 0 Å². The average Bonchev–Trinajstić information content (AvgIpc) is 2.46. The quantitative estimate of drug-likeness (QED) is 0.789. The molecule has 0 saturated heterocycles. The molecule has 0 N–H and O–H groups in total. The standard InChI is InChI=1S/C15H6ClN3/c16-14-6-10(7-17)4-5-13(14)15-11(8-18)2-1-3-12(15)9-19/h1-6H. The van der Waals surface area contributed by atoms with Crippen molar-refractivity contribution in [1.82, 2.24) is 0 Å². The van der Waals surface area contributed by atoms with Crippen molar-refractivity contribution < 1.29 is 0 Å². The Morgan fingerprint density at radius 1 is 0.842 bits per heavy atom. The number of nitriles is 3. The molecule has 3 nitrogen and oxygen atoms in total. The summed E-state index contributed by atoms with van der Waals surface area (Å²) in [6.07, 6.45) is 0. The van der Waals surface area contributed by atoms with Crippen LogP contribution in [0.2, 0.25) is 5.02 Å². The van der Waals surface area contributed by atoms with Crippen molar-refractivity contribution in [2.24, 2.45) is 0 Å². The van der Waals surface area contributed by atoms with Gasteiger partial charge < -0.3 is 0 Å². The third-order valence-electron chi connectivity index (χ3n) is 2.67. The van der Waals surface area contributed by atoms with E-state index in [0.717, 1.165) is 0 Å². The lowest BCUT2D eigenvalue weighted by Crippen LogP contribution is -1.91. The van der Waals surface area contributed by atoms with Crippen LogP contribution in [-0.2, 0) is 0 Å². The molecule has 2 aromatic carbocycles. The molecule has 0 amide bonds. The third-order valence-corrected chi connectivity index (χ3v) is 2.99. The molecule has 0 unspecified atom stereocenters. The summed E-state index contributed by atoms with van der Waals surface area (Å²) >= 11 is 6.13. The highest BCUT2D eigenvalue weighted by molar-refractivity contribution is 6.33. The number of rotatable bonds is 1. The molecule has 0 aromatic heterocycles. The minimum absolute atomic E-state index is 0.346. The predicted molar refractivity (Wildman–Crippen MR) is 71.0 cm³/mol. The highest BCUT2D eigenvalue weighted by Crippen LogP contribution is 2.33. The molecule has 0 atom stereocenters. The van der Waals surface area contributed by atoms with Crippen LogP contribution in [-0.4, -0.2) is 0 Å². The van der Waals surface area contributed by atoms with Crippen molar-refractivity contribution in [2.45, 2.75) is 0 Å². The smallest absolute Gasteiger partial charge is 0.0998 e. The van der Waals surface area contributed by atoms with E-state index in [4.69, 9.17) is 27.4 Å². The Labute approximate surface area is 115 Å². The fourth-order valence-electron chi connectivity index (χ4n) is 1.82. The zero-order chi connectivity index (χ0) is 13.8. The molecular weight excluding hydrogens is 258 g/mol. The first-order chi connectivity index (χ1) is 9.21. The zero-order valence-corrected chi connectivity index (χ0v) is 10.4. The topological polar surface area (TPSA) is 71.4 Å². The van der Waals surface area contributed by atoms with Gasteiger partial charge in [-0.1, -0.05) is 23.7 Å². The van der Waals surface area contributed by atoms with Crippen LogP contribution in [0.15, 0.2) is 36.4 Å². The minimum atomic E-state index is 0.346. The van der Waals surface area contributed by atoms with E-state index in [1.807, 2.05) is 18.2 Å². The lowest BCUT2D eigenvalue weighted by atomic mass is 9.95. The first-order valence-electron chi connectivity index (χ1n) is 5.34. The van der Waals surface area contributed by atoms with Crippen molar-refractivity contribution in [1.29, 1.82) is 15.8 Å². The second-order valence-corrected chi connectivity index (χ2v) is 4.17. The van der Waals surface area contributed by atoms with Gasteiger partial charge >= 0.3 is 0 Å². The van der Waals surface area contributed by atoms with Gasteiger partial charge in [0.25, 0.3) is 0 Å². The maximum Gasteiger partial charge on any atom is 0.0998 e. The minimum Gasteiger partial charge on any atom is -0.192 e. The maximum absolute atomic E-state index is 9.14. The van der Waals surface area contributed by atoms with Gasteiger partial charge in [-0.25, -0.2) is 0 Å². The number of benzene rings is 2. The van der Waals surface area contributed by atoms with E-state index >= 15 is 0 Å². The predicted octanol–water partition coefficient (Wildman–Crippen LogP) is 3.62. The summed E-state index contributed by atoms with van der Waals surface area (Å²) in [5.41, 5.74) is 2.27. The molecule has 0 radical (unpaired) electrons. The van der Waals surface area contributed by atoms with Crippen LogP contribution in [0.1, 0.15) is 16.7 Å². The van der Waals surface area contributed by atoms with E-state index in [-0.39, 0.29) is 0 Å². The van der Waals surface area contributed by atoms with Crippen LogP contribution >= 0.6 is 11.6 Å². The largest absolute Gasteiger partial charge is 0.192 e. The normalized spacial score (nSPS) is 9.16. The Morgan fingerprint density at radius 3 is 1.95 bits per heavy atom.